The molecule has 0 atom stereocenters. The van der Waals surface area contributed by atoms with Gasteiger partial charge in [-0.25, -0.2) is 23.2 Å². The summed E-state index contributed by atoms with van der Waals surface area (Å²) in [6.07, 6.45) is 7.14. The van der Waals surface area contributed by atoms with Crippen LogP contribution in [0.2, 0.25) is 0 Å². The molecule has 1 aliphatic carbocycles. The van der Waals surface area contributed by atoms with Crippen LogP contribution in [0.5, 0.6) is 0 Å². The molecule has 0 bridgehead atoms. The lowest BCUT2D eigenvalue weighted by Gasteiger charge is -2.17. The normalized spacial score (nSPS) is 15.4. The highest BCUT2D eigenvalue weighted by molar-refractivity contribution is 7.88. The van der Waals surface area contributed by atoms with Crippen molar-refractivity contribution >= 4 is 27.1 Å². The molecule has 3 heterocycles. The number of fused-ring (bicyclic) bond motifs is 1. The summed E-state index contributed by atoms with van der Waals surface area (Å²) in [5.74, 6) is 0. The number of thiazole rings is 1. The molecule has 9 heteroatoms. The Morgan fingerprint density at radius 2 is 2.04 bits per heavy atom. The van der Waals surface area contributed by atoms with E-state index < -0.39 is 10.0 Å². The average molecular weight is 414 g/mol. The van der Waals surface area contributed by atoms with E-state index in [4.69, 9.17) is 4.98 Å². The molecule has 3 aromatic rings. The maximum atomic E-state index is 11.4. The third kappa shape index (κ3) is 3.95. The summed E-state index contributed by atoms with van der Waals surface area (Å²) >= 11 is 1.57. The molecule has 1 N–H and O–H groups in total. The molecule has 0 saturated carbocycles. The molecule has 0 radical (unpaired) electrons. The van der Waals surface area contributed by atoms with Crippen molar-refractivity contribution < 1.29 is 8.42 Å². The zero-order valence-electron chi connectivity index (χ0n) is 15.5. The molecular formula is C19H19N5O2S2. The number of nitrogens with zero attached hydrogens (tertiary/aromatic N) is 4. The second-order valence-electron chi connectivity index (χ2n) is 6.65. The number of sulfonamides is 1. The van der Waals surface area contributed by atoms with Gasteiger partial charge in [-0.3, -0.25) is 4.98 Å². The van der Waals surface area contributed by atoms with Crippen LogP contribution in [0.1, 0.15) is 29.8 Å². The third-order valence-electron chi connectivity index (χ3n) is 4.40. The van der Waals surface area contributed by atoms with Gasteiger partial charge in [-0.1, -0.05) is 6.07 Å². The molecule has 1 aliphatic rings. The number of rotatable bonds is 4. The van der Waals surface area contributed by atoms with Crippen molar-refractivity contribution in [3.8, 4) is 21.1 Å². The van der Waals surface area contributed by atoms with E-state index in [1.807, 2.05) is 25.1 Å². The zero-order chi connectivity index (χ0) is 19.7. The maximum Gasteiger partial charge on any atom is 0.244 e. The van der Waals surface area contributed by atoms with E-state index in [0.29, 0.717) is 12.1 Å². The number of aromatic nitrogens is 3. The number of aryl methyl sites for hydroxylation is 2. The largest absolute Gasteiger partial charge is 0.264 e. The lowest BCUT2D eigenvalue weighted by Crippen LogP contribution is -2.22. The minimum absolute atomic E-state index is 0.670. The minimum atomic E-state index is -3.40. The van der Waals surface area contributed by atoms with Crippen LogP contribution in [0.4, 0.5) is 0 Å². The molecule has 7 nitrogen and oxygen atoms in total. The van der Waals surface area contributed by atoms with E-state index in [0.717, 1.165) is 57.2 Å². The SMILES string of the molecule is Cc1nc(-c2cccnc2)sc1-c1ccc2c(n1)/C(=N/NS(C)(=O)=O)CCC2. The molecule has 0 spiro atoms. The topological polar surface area (TPSA) is 97.2 Å². The lowest BCUT2D eigenvalue weighted by molar-refractivity contribution is 0.590. The molecule has 144 valence electrons. The van der Waals surface area contributed by atoms with Gasteiger partial charge in [-0.2, -0.15) is 5.10 Å². The highest BCUT2D eigenvalue weighted by Gasteiger charge is 2.20. The van der Waals surface area contributed by atoms with E-state index in [-0.39, 0.29) is 0 Å². The fraction of sp³-hybridized carbons (Fsp3) is 0.263. The Labute approximate surface area is 167 Å². The van der Waals surface area contributed by atoms with Crippen LogP contribution in [-0.4, -0.2) is 35.3 Å². The Morgan fingerprint density at radius 1 is 1.18 bits per heavy atom. The summed E-state index contributed by atoms with van der Waals surface area (Å²) in [4.78, 5) is 16.9. The minimum Gasteiger partial charge on any atom is -0.264 e. The van der Waals surface area contributed by atoms with Crippen molar-refractivity contribution in [3.05, 3.63) is 53.6 Å². The predicted octanol–water partition coefficient (Wildman–Crippen LogP) is 3.17. The standard InChI is InChI=1S/C19H19N5O2S2/c1-12-18(27-19(21-12)14-6-4-10-20-11-14)16-9-8-13-5-3-7-15(17(13)22-16)23-24-28(2,25)26/h4,6,8-11,24H,3,5,7H2,1-2H3/b23-15+. The highest BCUT2D eigenvalue weighted by Crippen LogP contribution is 2.35. The van der Waals surface area contributed by atoms with Crippen LogP contribution >= 0.6 is 11.3 Å². The van der Waals surface area contributed by atoms with Gasteiger partial charge in [0.05, 0.1) is 33.9 Å². The van der Waals surface area contributed by atoms with Crippen molar-refractivity contribution in [2.45, 2.75) is 26.2 Å². The summed E-state index contributed by atoms with van der Waals surface area (Å²) < 4.78 is 22.8. The molecule has 0 aliphatic heterocycles. The molecule has 0 saturated heterocycles. The smallest absolute Gasteiger partial charge is 0.244 e. The molecule has 3 aromatic heterocycles. The molecule has 0 amide bonds. The Balaban J connectivity index is 1.74. The van der Waals surface area contributed by atoms with E-state index in [9.17, 15) is 8.42 Å². The monoisotopic (exact) mass is 413 g/mol. The van der Waals surface area contributed by atoms with Gasteiger partial charge in [0.25, 0.3) is 0 Å². The Bertz CT molecular complexity index is 1150. The zero-order valence-corrected chi connectivity index (χ0v) is 17.1. The Hall–Kier alpha value is -2.65. The Kier molecular flexibility index (Phi) is 4.94. The van der Waals surface area contributed by atoms with Gasteiger partial charge in [0.15, 0.2) is 0 Å². The van der Waals surface area contributed by atoms with Crippen LogP contribution in [0.25, 0.3) is 21.1 Å². The van der Waals surface area contributed by atoms with Crippen molar-refractivity contribution in [2.75, 3.05) is 6.26 Å². The fourth-order valence-electron chi connectivity index (χ4n) is 3.12. The number of hydrogen-bond donors (Lipinski definition) is 1. The first-order chi connectivity index (χ1) is 13.4. The molecule has 0 fully saturated rings. The van der Waals surface area contributed by atoms with Crippen molar-refractivity contribution in [1.29, 1.82) is 0 Å². The van der Waals surface area contributed by atoms with Crippen molar-refractivity contribution in [2.24, 2.45) is 5.10 Å². The number of hydrazone groups is 1. The predicted molar refractivity (Wildman–Crippen MR) is 111 cm³/mol. The number of pyridine rings is 2. The maximum absolute atomic E-state index is 11.4. The lowest BCUT2D eigenvalue weighted by atomic mass is 9.94. The highest BCUT2D eigenvalue weighted by atomic mass is 32.2. The van der Waals surface area contributed by atoms with E-state index in [2.05, 4.69) is 26.0 Å². The van der Waals surface area contributed by atoms with Crippen LogP contribution < -0.4 is 4.83 Å². The van der Waals surface area contributed by atoms with Gasteiger partial charge in [-0.05, 0) is 49.9 Å². The summed E-state index contributed by atoms with van der Waals surface area (Å²) in [5, 5.41) is 5.00. The van der Waals surface area contributed by atoms with E-state index in [1.54, 1.807) is 23.7 Å². The van der Waals surface area contributed by atoms with Gasteiger partial charge in [0.1, 0.15) is 5.01 Å². The van der Waals surface area contributed by atoms with E-state index >= 15 is 0 Å². The first kappa shape index (κ1) is 18.7. The summed E-state index contributed by atoms with van der Waals surface area (Å²) in [7, 11) is -3.40. The van der Waals surface area contributed by atoms with Gasteiger partial charge < -0.3 is 0 Å². The van der Waals surface area contributed by atoms with E-state index in [1.165, 1.54) is 0 Å². The Morgan fingerprint density at radius 3 is 2.79 bits per heavy atom. The van der Waals surface area contributed by atoms with Gasteiger partial charge in [-0.15, -0.1) is 11.3 Å². The van der Waals surface area contributed by atoms with Crippen LogP contribution in [-0.2, 0) is 16.4 Å². The van der Waals surface area contributed by atoms with Crippen LogP contribution in [0.15, 0.2) is 41.8 Å². The molecule has 0 unspecified atom stereocenters. The molecular weight excluding hydrogens is 394 g/mol. The molecule has 0 aromatic carbocycles. The van der Waals surface area contributed by atoms with Crippen molar-refractivity contribution in [3.63, 3.8) is 0 Å². The third-order valence-corrected chi connectivity index (χ3v) is 6.05. The average Bonchev–Trinajstić information content (AvgIpc) is 3.08. The summed E-state index contributed by atoms with van der Waals surface area (Å²) in [6, 6.07) is 7.92. The van der Waals surface area contributed by atoms with Gasteiger partial charge >= 0.3 is 0 Å². The molecule has 4 rings (SSSR count). The second kappa shape index (κ2) is 7.40. The first-order valence-electron chi connectivity index (χ1n) is 8.82. The summed E-state index contributed by atoms with van der Waals surface area (Å²) in [5.41, 5.74) is 5.20. The van der Waals surface area contributed by atoms with Crippen molar-refractivity contribution in [1.82, 2.24) is 19.8 Å². The quantitative estimate of drug-likeness (QED) is 0.663. The number of hydrogen-bond acceptors (Lipinski definition) is 7. The second-order valence-corrected chi connectivity index (χ2v) is 9.38. The van der Waals surface area contributed by atoms with Gasteiger partial charge in [0, 0.05) is 18.0 Å². The fourth-order valence-corrected chi connectivity index (χ4v) is 4.43. The van der Waals surface area contributed by atoms with Gasteiger partial charge in [0.2, 0.25) is 10.0 Å². The molecule has 28 heavy (non-hydrogen) atoms. The van der Waals surface area contributed by atoms with Crippen LogP contribution in [0, 0.1) is 6.92 Å². The summed E-state index contributed by atoms with van der Waals surface area (Å²) in [6.45, 7) is 1.97. The first-order valence-corrected chi connectivity index (χ1v) is 11.5. The number of nitrogens with one attached hydrogen (secondary N) is 1. The van der Waals surface area contributed by atoms with Crippen LogP contribution in [0.3, 0.4) is 0 Å².